The molecule has 1 aromatic heterocycles. The summed E-state index contributed by atoms with van der Waals surface area (Å²) in [6.45, 7) is 3.55. The number of hydrogen-bond acceptors (Lipinski definition) is 5. The normalized spacial score (nSPS) is 15.9. The van der Waals surface area contributed by atoms with Gasteiger partial charge in [0, 0.05) is 24.7 Å². The van der Waals surface area contributed by atoms with Crippen LogP contribution in [-0.2, 0) is 10.0 Å². The van der Waals surface area contributed by atoms with E-state index in [9.17, 15) is 12.8 Å². The van der Waals surface area contributed by atoms with Crippen molar-refractivity contribution in [2.24, 2.45) is 5.92 Å². The lowest BCUT2D eigenvalue weighted by Gasteiger charge is -2.31. The lowest BCUT2D eigenvalue weighted by atomic mass is 9.97. The summed E-state index contributed by atoms with van der Waals surface area (Å²) in [5, 5.41) is 0.807. The van der Waals surface area contributed by atoms with E-state index in [1.54, 1.807) is 18.2 Å². The fourth-order valence-electron chi connectivity index (χ4n) is 3.75. The Bertz CT molecular complexity index is 1110. The summed E-state index contributed by atoms with van der Waals surface area (Å²) < 4.78 is 46.7. The Morgan fingerprint density at radius 1 is 1.10 bits per heavy atom. The monoisotopic (exact) mass is 443 g/mol. The van der Waals surface area contributed by atoms with E-state index >= 15 is 0 Å². The molecule has 6 nitrogen and oxygen atoms in total. The summed E-state index contributed by atoms with van der Waals surface area (Å²) >= 11 is 0. The van der Waals surface area contributed by atoms with Gasteiger partial charge in [0.15, 0.2) is 0 Å². The van der Waals surface area contributed by atoms with Crippen molar-refractivity contribution in [3.8, 4) is 5.75 Å². The van der Waals surface area contributed by atoms with Gasteiger partial charge in [0.1, 0.15) is 23.1 Å². The van der Waals surface area contributed by atoms with Gasteiger partial charge in [0.05, 0.1) is 5.52 Å². The Morgan fingerprint density at radius 3 is 2.61 bits per heavy atom. The number of nitrogens with one attached hydrogen (secondary N) is 1. The molecule has 1 saturated heterocycles. The van der Waals surface area contributed by atoms with Crippen LogP contribution in [0.5, 0.6) is 5.75 Å². The van der Waals surface area contributed by atoms with Gasteiger partial charge in [0.2, 0.25) is 10.0 Å². The molecule has 0 spiro atoms. The predicted octanol–water partition coefficient (Wildman–Crippen LogP) is 3.44. The van der Waals surface area contributed by atoms with E-state index in [2.05, 4.69) is 14.6 Å². The smallest absolute Gasteiger partial charge is 0.242 e. The van der Waals surface area contributed by atoms with Crippen molar-refractivity contribution in [3.63, 3.8) is 0 Å². The standard InChI is InChI=1S/C23H26FN3O3S/c24-20-5-7-21(8-6-20)30-14-13-27-11-9-18(10-12-27)16-26-31(28,29)22-15-19-3-1-2-4-23(19)25-17-22/h1-8,15,17-18,26H,9-14,16H2. The molecule has 0 unspecified atom stereocenters. The van der Waals surface area contributed by atoms with Gasteiger partial charge in [-0.05, 0) is 68.2 Å². The number of piperidine rings is 1. The van der Waals surface area contributed by atoms with Crippen LogP contribution in [0.25, 0.3) is 10.9 Å². The molecule has 4 rings (SSSR count). The van der Waals surface area contributed by atoms with Crippen LogP contribution in [-0.4, -0.2) is 51.1 Å². The highest BCUT2D eigenvalue weighted by atomic mass is 32.2. The molecular weight excluding hydrogens is 417 g/mol. The molecule has 0 aliphatic carbocycles. The molecule has 2 aromatic carbocycles. The number of nitrogens with zero attached hydrogens (tertiary/aromatic N) is 2. The van der Waals surface area contributed by atoms with Gasteiger partial charge in [0.25, 0.3) is 0 Å². The van der Waals surface area contributed by atoms with Crippen molar-refractivity contribution in [3.05, 3.63) is 66.6 Å². The first-order valence-corrected chi connectivity index (χ1v) is 11.9. The van der Waals surface area contributed by atoms with Crippen LogP contribution in [0.3, 0.4) is 0 Å². The number of pyridine rings is 1. The number of sulfonamides is 1. The number of halogens is 1. The molecule has 164 valence electrons. The molecule has 1 N–H and O–H groups in total. The van der Waals surface area contributed by atoms with E-state index in [0.717, 1.165) is 43.4 Å². The molecule has 0 radical (unpaired) electrons. The van der Waals surface area contributed by atoms with E-state index in [1.807, 2.05) is 24.3 Å². The molecule has 1 aliphatic rings. The van der Waals surface area contributed by atoms with Gasteiger partial charge < -0.3 is 4.74 Å². The Hall–Kier alpha value is -2.55. The minimum atomic E-state index is -3.59. The highest BCUT2D eigenvalue weighted by Gasteiger charge is 2.22. The van der Waals surface area contributed by atoms with E-state index in [0.29, 0.717) is 24.8 Å². The second-order valence-electron chi connectivity index (χ2n) is 7.80. The van der Waals surface area contributed by atoms with Crippen LogP contribution in [0.4, 0.5) is 4.39 Å². The number of benzene rings is 2. The Balaban J connectivity index is 1.21. The van der Waals surface area contributed by atoms with Crippen molar-refractivity contribution in [2.75, 3.05) is 32.8 Å². The van der Waals surface area contributed by atoms with Crippen molar-refractivity contribution < 1.29 is 17.5 Å². The summed E-state index contributed by atoms with van der Waals surface area (Å²) in [5.74, 6) is 0.688. The van der Waals surface area contributed by atoms with Crippen molar-refractivity contribution in [1.29, 1.82) is 0 Å². The van der Waals surface area contributed by atoms with Crippen molar-refractivity contribution in [1.82, 2.24) is 14.6 Å². The van der Waals surface area contributed by atoms with Crippen molar-refractivity contribution >= 4 is 20.9 Å². The Morgan fingerprint density at radius 2 is 1.84 bits per heavy atom. The largest absolute Gasteiger partial charge is 0.492 e. The molecule has 2 heterocycles. The molecule has 3 aromatic rings. The van der Waals surface area contributed by atoms with Crippen LogP contribution in [0, 0.1) is 11.7 Å². The zero-order chi connectivity index (χ0) is 21.7. The summed E-state index contributed by atoms with van der Waals surface area (Å²) in [6.07, 6.45) is 3.26. The molecule has 0 atom stereocenters. The molecule has 31 heavy (non-hydrogen) atoms. The van der Waals surface area contributed by atoms with Gasteiger partial charge in [-0.2, -0.15) is 0 Å². The average molecular weight is 444 g/mol. The Labute approximate surface area is 182 Å². The zero-order valence-corrected chi connectivity index (χ0v) is 18.0. The maximum atomic E-state index is 12.9. The van der Waals surface area contributed by atoms with Crippen LogP contribution >= 0.6 is 0 Å². The second-order valence-corrected chi connectivity index (χ2v) is 9.57. The fourth-order valence-corrected chi connectivity index (χ4v) is 4.84. The molecule has 0 saturated carbocycles. The molecule has 1 aliphatic heterocycles. The summed E-state index contributed by atoms with van der Waals surface area (Å²) in [5.41, 5.74) is 0.775. The van der Waals surface area contributed by atoms with E-state index in [4.69, 9.17) is 4.74 Å². The number of para-hydroxylation sites is 1. The SMILES string of the molecule is O=S(=O)(NCC1CCN(CCOc2ccc(F)cc2)CC1)c1cnc2ccccc2c1. The maximum absolute atomic E-state index is 12.9. The number of fused-ring (bicyclic) bond motifs is 1. The molecule has 0 bridgehead atoms. The third kappa shape index (κ3) is 5.78. The predicted molar refractivity (Wildman–Crippen MR) is 118 cm³/mol. The van der Waals surface area contributed by atoms with Crippen LogP contribution in [0.1, 0.15) is 12.8 Å². The first-order chi connectivity index (χ1) is 15.0. The lowest BCUT2D eigenvalue weighted by molar-refractivity contribution is 0.156. The summed E-state index contributed by atoms with van der Waals surface area (Å²) in [6, 6.07) is 15.1. The summed E-state index contributed by atoms with van der Waals surface area (Å²) in [7, 11) is -3.59. The number of ether oxygens (including phenoxy) is 1. The number of aromatic nitrogens is 1. The van der Waals surface area contributed by atoms with Gasteiger partial charge in [-0.3, -0.25) is 9.88 Å². The van der Waals surface area contributed by atoms with Crippen molar-refractivity contribution in [2.45, 2.75) is 17.7 Å². The van der Waals surface area contributed by atoms with Gasteiger partial charge in [-0.15, -0.1) is 0 Å². The molecule has 0 amide bonds. The average Bonchev–Trinajstić information content (AvgIpc) is 2.79. The molecule has 8 heteroatoms. The van der Waals surface area contributed by atoms with Crippen LogP contribution in [0.15, 0.2) is 65.7 Å². The van der Waals surface area contributed by atoms with Gasteiger partial charge >= 0.3 is 0 Å². The number of rotatable bonds is 8. The third-order valence-corrected chi connectivity index (χ3v) is 7.03. The minimum absolute atomic E-state index is 0.196. The fraction of sp³-hybridized carbons (Fsp3) is 0.348. The van der Waals surface area contributed by atoms with E-state index < -0.39 is 10.0 Å². The van der Waals surface area contributed by atoms with Gasteiger partial charge in [-0.1, -0.05) is 18.2 Å². The number of likely N-dealkylation sites (tertiary alicyclic amines) is 1. The first kappa shape index (κ1) is 21.7. The van der Waals surface area contributed by atoms with Gasteiger partial charge in [-0.25, -0.2) is 17.5 Å². The van der Waals surface area contributed by atoms with E-state index in [-0.39, 0.29) is 10.7 Å². The Kier molecular flexibility index (Phi) is 6.80. The topological polar surface area (TPSA) is 71.5 Å². The number of hydrogen-bond donors (Lipinski definition) is 1. The third-order valence-electron chi connectivity index (χ3n) is 5.63. The van der Waals surface area contributed by atoms with E-state index in [1.165, 1.54) is 18.3 Å². The summed E-state index contributed by atoms with van der Waals surface area (Å²) in [4.78, 5) is 6.75. The van der Waals surface area contributed by atoms with Crippen LogP contribution in [0.2, 0.25) is 0 Å². The molecular formula is C23H26FN3O3S. The highest BCUT2D eigenvalue weighted by Crippen LogP contribution is 2.19. The lowest BCUT2D eigenvalue weighted by Crippen LogP contribution is -2.40. The zero-order valence-electron chi connectivity index (χ0n) is 17.2. The highest BCUT2D eigenvalue weighted by molar-refractivity contribution is 7.89. The minimum Gasteiger partial charge on any atom is -0.492 e. The quantitative estimate of drug-likeness (QED) is 0.578. The van der Waals surface area contributed by atoms with Crippen LogP contribution < -0.4 is 9.46 Å². The molecule has 1 fully saturated rings. The second kappa shape index (κ2) is 9.72. The maximum Gasteiger partial charge on any atom is 0.242 e. The first-order valence-electron chi connectivity index (χ1n) is 10.4.